The van der Waals surface area contributed by atoms with Crippen LogP contribution in [-0.2, 0) is 0 Å². The Morgan fingerprint density at radius 3 is 3.00 bits per heavy atom. The number of hydrogen-bond donors (Lipinski definition) is 0. The molecule has 2 rings (SSSR count). The molecule has 0 bridgehead atoms. The Labute approximate surface area is 64.0 Å². The molecule has 0 N–H and O–H groups in total. The van der Waals surface area contributed by atoms with E-state index in [1.54, 1.807) is 6.07 Å². The molecule has 0 atom stereocenters. The first-order valence-electron chi connectivity index (χ1n) is 3.30. The lowest BCUT2D eigenvalue weighted by molar-refractivity contribution is 0.211. The molecule has 1 aliphatic rings. The van der Waals surface area contributed by atoms with E-state index < -0.39 is 6.09 Å². The summed E-state index contributed by atoms with van der Waals surface area (Å²) in [7, 11) is 0. The number of nitrogens with zero attached hydrogens (tertiary/aromatic N) is 1. The molecule has 0 aromatic heterocycles. The lowest BCUT2D eigenvalue weighted by Gasteiger charge is -1.95. The van der Waals surface area contributed by atoms with E-state index in [-0.39, 0.29) is 0 Å². The second-order valence-electron chi connectivity index (χ2n) is 2.40. The predicted octanol–water partition coefficient (Wildman–Crippen LogP) is 1.74. The van der Waals surface area contributed by atoms with Gasteiger partial charge in [-0.2, -0.15) is 5.32 Å². The fourth-order valence-corrected chi connectivity index (χ4v) is 1.07. The maximum absolute atomic E-state index is 10.7. The van der Waals surface area contributed by atoms with Gasteiger partial charge in [0, 0.05) is 0 Å². The topological polar surface area (TPSA) is 40.4 Å². The maximum Gasteiger partial charge on any atom is 0.439 e. The number of para-hydroxylation sites is 1. The van der Waals surface area contributed by atoms with Crippen molar-refractivity contribution >= 4 is 11.8 Å². The van der Waals surface area contributed by atoms with Crippen LogP contribution in [0.15, 0.2) is 18.2 Å². The summed E-state index contributed by atoms with van der Waals surface area (Å²) in [6, 6.07) is 5.46. The summed E-state index contributed by atoms with van der Waals surface area (Å²) < 4.78 is 4.78. The molecule has 1 amide bonds. The average Bonchev–Trinajstić information content (AvgIpc) is 2.31. The van der Waals surface area contributed by atoms with Gasteiger partial charge in [-0.25, -0.2) is 4.79 Å². The van der Waals surface area contributed by atoms with E-state index in [1.165, 1.54) is 0 Å². The van der Waals surface area contributed by atoms with Gasteiger partial charge in [0.2, 0.25) is 0 Å². The van der Waals surface area contributed by atoms with E-state index in [4.69, 9.17) is 4.74 Å². The minimum Gasteiger partial charge on any atom is -0.406 e. The number of carbonyl (C=O) groups is 1. The predicted molar refractivity (Wildman–Crippen MR) is 39.0 cm³/mol. The second-order valence-corrected chi connectivity index (χ2v) is 2.40. The van der Waals surface area contributed by atoms with Gasteiger partial charge in [-0.05, 0) is 18.6 Å². The summed E-state index contributed by atoms with van der Waals surface area (Å²) in [5, 5.41) is 3.69. The molecular weight excluding hydrogens is 142 g/mol. The van der Waals surface area contributed by atoms with Gasteiger partial charge in [0.05, 0.1) is 0 Å². The normalized spacial score (nSPS) is 13.7. The number of amides is 1. The van der Waals surface area contributed by atoms with Crippen molar-refractivity contribution < 1.29 is 9.53 Å². The van der Waals surface area contributed by atoms with Crippen molar-refractivity contribution in [3.8, 4) is 5.75 Å². The number of benzene rings is 1. The van der Waals surface area contributed by atoms with Crippen molar-refractivity contribution in [2.24, 2.45) is 0 Å². The minimum atomic E-state index is -0.519. The van der Waals surface area contributed by atoms with Gasteiger partial charge in [-0.3, -0.25) is 0 Å². The molecule has 0 saturated carbocycles. The molecule has 0 aliphatic carbocycles. The number of rotatable bonds is 0. The summed E-state index contributed by atoms with van der Waals surface area (Å²) in [6.07, 6.45) is -0.519. The highest BCUT2D eigenvalue weighted by molar-refractivity contribution is 5.85. The van der Waals surface area contributed by atoms with Gasteiger partial charge in [-0.15, -0.1) is 0 Å². The van der Waals surface area contributed by atoms with Crippen molar-refractivity contribution in [1.29, 1.82) is 0 Å². The molecule has 1 aliphatic heterocycles. The van der Waals surface area contributed by atoms with Crippen LogP contribution in [0.25, 0.3) is 0 Å². The zero-order chi connectivity index (χ0) is 7.84. The average molecular weight is 148 g/mol. The fourth-order valence-electron chi connectivity index (χ4n) is 1.07. The lowest BCUT2D eigenvalue weighted by atomic mass is 10.2. The second kappa shape index (κ2) is 1.99. The van der Waals surface area contributed by atoms with E-state index in [0.29, 0.717) is 11.4 Å². The van der Waals surface area contributed by atoms with Gasteiger partial charge < -0.3 is 4.74 Å². The van der Waals surface area contributed by atoms with Crippen molar-refractivity contribution in [2.45, 2.75) is 6.92 Å². The van der Waals surface area contributed by atoms with Crippen LogP contribution in [0.3, 0.4) is 0 Å². The van der Waals surface area contributed by atoms with Crippen LogP contribution in [-0.4, -0.2) is 6.09 Å². The molecule has 11 heavy (non-hydrogen) atoms. The Hall–Kier alpha value is -1.51. The number of ether oxygens (including phenoxy) is 1. The van der Waals surface area contributed by atoms with Crippen LogP contribution in [0, 0.1) is 6.92 Å². The molecule has 3 nitrogen and oxygen atoms in total. The van der Waals surface area contributed by atoms with Crippen LogP contribution in [0.5, 0.6) is 5.75 Å². The minimum absolute atomic E-state index is 0.519. The zero-order valence-electron chi connectivity index (χ0n) is 6.00. The van der Waals surface area contributed by atoms with Crippen LogP contribution in [0.2, 0.25) is 0 Å². The SMILES string of the molecule is Cc1cccc2c1[N]C(=O)O2. The number of carbonyl (C=O) groups excluding carboxylic acids is 1. The summed E-state index contributed by atoms with van der Waals surface area (Å²) in [6.45, 7) is 1.89. The Bertz CT molecular complexity index is 320. The van der Waals surface area contributed by atoms with E-state index in [1.807, 2.05) is 19.1 Å². The summed E-state index contributed by atoms with van der Waals surface area (Å²) in [5.41, 5.74) is 1.63. The number of fused-ring (bicyclic) bond motifs is 1. The lowest BCUT2D eigenvalue weighted by Crippen LogP contribution is -2.05. The van der Waals surface area contributed by atoms with Gasteiger partial charge in [0.15, 0.2) is 5.75 Å². The molecule has 1 heterocycles. The molecule has 0 fully saturated rings. The highest BCUT2D eigenvalue weighted by Gasteiger charge is 2.22. The molecule has 1 aromatic carbocycles. The quantitative estimate of drug-likeness (QED) is 0.562. The molecule has 0 saturated heterocycles. The first-order valence-corrected chi connectivity index (χ1v) is 3.30. The van der Waals surface area contributed by atoms with Crippen LogP contribution >= 0.6 is 0 Å². The molecule has 1 aromatic rings. The van der Waals surface area contributed by atoms with Gasteiger partial charge in [-0.1, -0.05) is 12.1 Å². The van der Waals surface area contributed by atoms with E-state index in [9.17, 15) is 4.79 Å². The largest absolute Gasteiger partial charge is 0.439 e. The number of aryl methyl sites for hydroxylation is 1. The zero-order valence-corrected chi connectivity index (χ0v) is 6.00. The summed E-state index contributed by atoms with van der Waals surface area (Å²) >= 11 is 0. The molecular formula is C8H6NO2. The smallest absolute Gasteiger partial charge is 0.406 e. The highest BCUT2D eigenvalue weighted by atomic mass is 16.6. The van der Waals surface area contributed by atoms with Crippen LogP contribution < -0.4 is 10.1 Å². The van der Waals surface area contributed by atoms with E-state index in [2.05, 4.69) is 5.32 Å². The Balaban J connectivity index is 2.57. The van der Waals surface area contributed by atoms with Gasteiger partial charge in [0.1, 0.15) is 5.69 Å². The van der Waals surface area contributed by atoms with E-state index in [0.717, 1.165) is 5.56 Å². The van der Waals surface area contributed by atoms with E-state index >= 15 is 0 Å². The van der Waals surface area contributed by atoms with Crippen molar-refractivity contribution in [3.63, 3.8) is 0 Å². The first kappa shape index (κ1) is 6.22. The molecule has 0 spiro atoms. The third kappa shape index (κ3) is 0.852. The third-order valence-electron chi connectivity index (χ3n) is 1.60. The first-order chi connectivity index (χ1) is 5.27. The fraction of sp³-hybridized carbons (Fsp3) is 0.125. The number of hydrogen-bond acceptors (Lipinski definition) is 2. The standard InChI is InChI=1S/C8H6NO2/c1-5-3-2-4-6-7(5)9-8(10)11-6/h2-4H,1H3. The molecule has 0 unspecified atom stereocenters. The Morgan fingerprint density at radius 2 is 2.27 bits per heavy atom. The third-order valence-corrected chi connectivity index (χ3v) is 1.60. The summed E-state index contributed by atoms with van der Waals surface area (Å²) in [5.74, 6) is 0.565. The van der Waals surface area contributed by atoms with Crippen LogP contribution in [0.1, 0.15) is 5.56 Å². The van der Waals surface area contributed by atoms with Crippen LogP contribution in [0.4, 0.5) is 10.5 Å². The molecule has 1 radical (unpaired) electrons. The van der Waals surface area contributed by atoms with Crippen molar-refractivity contribution in [3.05, 3.63) is 23.8 Å². The van der Waals surface area contributed by atoms with Crippen molar-refractivity contribution in [2.75, 3.05) is 0 Å². The van der Waals surface area contributed by atoms with Gasteiger partial charge in [0.25, 0.3) is 0 Å². The Kier molecular flexibility index (Phi) is 1.12. The molecule has 55 valence electrons. The maximum atomic E-state index is 10.7. The van der Waals surface area contributed by atoms with Gasteiger partial charge >= 0.3 is 6.09 Å². The monoisotopic (exact) mass is 148 g/mol. The van der Waals surface area contributed by atoms with Crippen molar-refractivity contribution in [1.82, 2.24) is 5.32 Å². The molecule has 3 heteroatoms. The Morgan fingerprint density at radius 1 is 1.45 bits per heavy atom. The summed E-state index contributed by atoms with van der Waals surface area (Å²) in [4.78, 5) is 10.7. The highest BCUT2D eigenvalue weighted by Crippen LogP contribution is 2.32.